The second kappa shape index (κ2) is 13.6. The van der Waals surface area contributed by atoms with Gasteiger partial charge >= 0.3 is 0 Å². The Kier molecular flexibility index (Phi) is 11.1. The van der Waals surface area contributed by atoms with Gasteiger partial charge in [-0.05, 0) is 37.3 Å². The Morgan fingerprint density at radius 3 is 2.72 bits per heavy atom. The highest BCUT2D eigenvalue weighted by atomic mass is 16.5. The van der Waals surface area contributed by atoms with Crippen molar-refractivity contribution in [3.63, 3.8) is 0 Å². The van der Waals surface area contributed by atoms with E-state index in [-0.39, 0.29) is 12.5 Å². The van der Waals surface area contributed by atoms with Crippen molar-refractivity contribution in [2.45, 2.75) is 20.8 Å². The molecule has 172 valence electrons. The average Bonchev–Trinajstić information content (AvgIpc) is 2.80. The molecule has 1 aromatic heterocycles. The SMILES string of the molecule is C=C(/C=C(\C)OCC(=O)N(C)CCN)c1nccc(Nc2ccc(N)c(C=N)c2)n1.CC. The zero-order chi connectivity index (χ0) is 24.1. The molecule has 0 atom stereocenters. The molecule has 2 rings (SSSR count). The average molecular weight is 440 g/mol. The van der Waals surface area contributed by atoms with Crippen LogP contribution in [0.1, 0.15) is 32.2 Å². The van der Waals surface area contributed by atoms with Crippen molar-refractivity contribution >= 4 is 34.9 Å². The molecular weight excluding hydrogens is 406 g/mol. The van der Waals surface area contributed by atoms with Gasteiger partial charge in [-0.25, -0.2) is 9.97 Å². The van der Waals surface area contributed by atoms with Crippen LogP contribution in [0.2, 0.25) is 0 Å². The summed E-state index contributed by atoms with van der Waals surface area (Å²) in [6, 6.07) is 7.00. The number of benzene rings is 1. The number of aromatic nitrogens is 2. The lowest BCUT2D eigenvalue weighted by Gasteiger charge is -2.16. The van der Waals surface area contributed by atoms with E-state index in [0.717, 1.165) is 5.69 Å². The number of amides is 1. The first-order chi connectivity index (χ1) is 15.3. The first-order valence-corrected chi connectivity index (χ1v) is 10.3. The highest BCUT2D eigenvalue weighted by Gasteiger charge is 2.09. The zero-order valence-corrected chi connectivity index (χ0v) is 19.2. The predicted octanol–water partition coefficient (Wildman–Crippen LogP) is 3.18. The van der Waals surface area contributed by atoms with Gasteiger partial charge in [0, 0.05) is 55.1 Å². The van der Waals surface area contributed by atoms with Crippen molar-refractivity contribution in [1.82, 2.24) is 14.9 Å². The Hall–Kier alpha value is -3.72. The molecular formula is C23H33N7O2. The predicted molar refractivity (Wildman–Crippen MR) is 131 cm³/mol. The lowest BCUT2D eigenvalue weighted by molar-refractivity contribution is -0.133. The number of nitrogens with two attached hydrogens (primary N) is 2. The largest absolute Gasteiger partial charge is 0.488 e. The van der Waals surface area contributed by atoms with Gasteiger partial charge in [-0.2, -0.15) is 0 Å². The molecule has 0 spiro atoms. The number of carbonyl (C=O) groups excluding carboxylic acids is 1. The van der Waals surface area contributed by atoms with E-state index in [1.807, 2.05) is 13.8 Å². The van der Waals surface area contributed by atoms with Gasteiger partial charge in [0.2, 0.25) is 0 Å². The zero-order valence-electron chi connectivity index (χ0n) is 19.2. The summed E-state index contributed by atoms with van der Waals surface area (Å²) in [5.41, 5.74) is 13.7. The van der Waals surface area contributed by atoms with E-state index in [1.54, 1.807) is 50.5 Å². The fourth-order valence-electron chi connectivity index (χ4n) is 2.46. The fraction of sp³-hybridized carbons (Fsp3) is 0.304. The van der Waals surface area contributed by atoms with Gasteiger partial charge in [-0.15, -0.1) is 0 Å². The number of likely N-dealkylation sites (N-methyl/N-ethyl adjacent to an activating group) is 1. The van der Waals surface area contributed by atoms with Gasteiger partial charge < -0.3 is 31.8 Å². The summed E-state index contributed by atoms with van der Waals surface area (Å²) in [4.78, 5) is 22.1. The van der Waals surface area contributed by atoms with Crippen molar-refractivity contribution in [3.05, 3.63) is 60.3 Å². The van der Waals surface area contributed by atoms with Crippen LogP contribution in [-0.4, -0.2) is 53.7 Å². The Labute approximate surface area is 189 Å². The Balaban J connectivity index is 0.00000249. The van der Waals surface area contributed by atoms with Crippen LogP contribution in [0.4, 0.5) is 17.2 Å². The Bertz CT molecular complexity index is 957. The molecule has 1 aromatic carbocycles. The molecule has 0 aliphatic heterocycles. The number of rotatable bonds is 10. The first-order valence-electron chi connectivity index (χ1n) is 10.3. The van der Waals surface area contributed by atoms with Gasteiger partial charge in [-0.3, -0.25) is 4.79 Å². The van der Waals surface area contributed by atoms with Crippen molar-refractivity contribution < 1.29 is 9.53 Å². The maximum Gasteiger partial charge on any atom is 0.260 e. The van der Waals surface area contributed by atoms with E-state index in [9.17, 15) is 4.79 Å². The molecule has 0 saturated heterocycles. The summed E-state index contributed by atoms with van der Waals surface area (Å²) in [7, 11) is 1.68. The van der Waals surface area contributed by atoms with Gasteiger partial charge in [0.25, 0.3) is 5.91 Å². The molecule has 2 aromatic rings. The minimum atomic E-state index is -0.158. The highest BCUT2D eigenvalue weighted by molar-refractivity contribution is 5.87. The van der Waals surface area contributed by atoms with Crippen LogP contribution in [0.3, 0.4) is 0 Å². The standard InChI is InChI=1S/C21H27N7O2.C2H6/c1-14(10-15(2)30-13-20(29)28(3)9-7-22)21-25-8-6-19(27-21)26-17-4-5-18(24)16(11-17)12-23;1-2/h4-6,8,10-12,23H,1,7,9,13,22,24H2,2-3H3,(H,25,26,27);1-2H3/b15-10+,23-12?;. The molecule has 6 N–H and O–H groups in total. The van der Waals surface area contributed by atoms with E-state index in [1.165, 1.54) is 11.1 Å². The number of carbonyl (C=O) groups is 1. The van der Waals surface area contributed by atoms with Crippen molar-refractivity contribution in [2.24, 2.45) is 5.73 Å². The highest BCUT2D eigenvalue weighted by Crippen LogP contribution is 2.20. The van der Waals surface area contributed by atoms with Crippen LogP contribution < -0.4 is 16.8 Å². The minimum absolute atomic E-state index is 0.0823. The number of nitrogen functional groups attached to an aromatic ring is 1. The van der Waals surface area contributed by atoms with Crippen molar-refractivity contribution in [3.8, 4) is 0 Å². The molecule has 1 amide bonds. The van der Waals surface area contributed by atoms with E-state index in [4.69, 9.17) is 21.6 Å². The normalized spacial score (nSPS) is 10.5. The molecule has 0 saturated carbocycles. The molecule has 0 aliphatic carbocycles. The fourth-order valence-corrected chi connectivity index (χ4v) is 2.46. The van der Waals surface area contributed by atoms with E-state index in [0.29, 0.717) is 47.3 Å². The number of anilines is 3. The third kappa shape index (κ3) is 8.19. The number of hydrogen-bond donors (Lipinski definition) is 4. The summed E-state index contributed by atoms with van der Waals surface area (Å²) >= 11 is 0. The Morgan fingerprint density at radius 1 is 1.34 bits per heavy atom. The summed E-state index contributed by atoms with van der Waals surface area (Å²) in [5, 5.41) is 10.6. The van der Waals surface area contributed by atoms with Gasteiger partial charge in [0.05, 0.1) is 5.76 Å². The topological polar surface area (TPSA) is 143 Å². The molecule has 32 heavy (non-hydrogen) atoms. The smallest absolute Gasteiger partial charge is 0.260 e. The van der Waals surface area contributed by atoms with Crippen molar-refractivity contribution in [1.29, 1.82) is 5.41 Å². The number of hydrogen-bond acceptors (Lipinski definition) is 8. The quantitative estimate of drug-likeness (QED) is 0.193. The molecule has 0 radical (unpaired) electrons. The maximum atomic E-state index is 11.9. The molecule has 9 nitrogen and oxygen atoms in total. The monoisotopic (exact) mass is 439 g/mol. The van der Waals surface area contributed by atoms with E-state index < -0.39 is 0 Å². The molecule has 0 fully saturated rings. The minimum Gasteiger partial charge on any atom is -0.488 e. The van der Waals surface area contributed by atoms with Gasteiger partial charge in [0.1, 0.15) is 5.82 Å². The van der Waals surface area contributed by atoms with Crippen LogP contribution in [-0.2, 0) is 9.53 Å². The van der Waals surface area contributed by atoms with Gasteiger partial charge in [-0.1, -0.05) is 20.4 Å². The first kappa shape index (κ1) is 26.3. The second-order valence-corrected chi connectivity index (χ2v) is 6.55. The molecule has 9 heteroatoms. The third-order valence-corrected chi connectivity index (χ3v) is 4.15. The van der Waals surface area contributed by atoms with Gasteiger partial charge in [0.15, 0.2) is 12.4 Å². The van der Waals surface area contributed by atoms with E-state index in [2.05, 4.69) is 21.9 Å². The number of nitrogens with one attached hydrogen (secondary N) is 2. The molecule has 0 aliphatic rings. The van der Waals surface area contributed by atoms with Crippen LogP contribution in [0.25, 0.3) is 5.57 Å². The third-order valence-electron chi connectivity index (χ3n) is 4.15. The number of nitrogens with zero attached hydrogens (tertiary/aromatic N) is 3. The summed E-state index contributed by atoms with van der Waals surface area (Å²) in [6.07, 6.45) is 4.48. The van der Waals surface area contributed by atoms with Crippen molar-refractivity contribution in [2.75, 3.05) is 37.8 Å². The van der Waals surface area contributed by atoms with Crippen LogP contribution >= 0.6 is 0 Å². The van der Waals surface area contributed by atoms with E-state index >= 15 is 0 Å². The van der Waals surface area contributed by atoms with Crippen LogP contribution in [0.15, 0.2) is 48.9 Å². The lowest BCUT2D eigenvalue weighted by Crippen LogP contribution is -2.34. The summed E-state index contributed by atoms with van der Waals surface area (Å²) in [5.74, 6) is 1.34. The van der Waals surface area contributed by atoms with Crippen LogP contribution in [0, 0.1) is 5.41 Å². The summed E-state index contributed by atoms with van der Waals surface area (Å²) in [6.45, 7) is 10.5. The molecule has 0 unspecified atom stereocenters. The second-order valence-electron chi connectivity index (χ2n) is 6.55. The molecule has 1 heterocycles. The summed E-state index contributed by atoms with van der Waals surface area (Å²) < 4.78 is 5.49. The Morgan fingerprint density at radius 2 is 2.06 bits per heavy atom. The number of ether oxygens (including phenoxy) is 1. The maximum absolute atomic E-state index is 11.9. The number of allylic oxidation sites excluding steroid dienone is 3. The molecule has 0 bridgehead atoms. The van der Waals surface area contributed by atoms with Crippen LogP contribution in [0.5, 0.6) is 0 Å². The lowest BCUT2D eigenvalue weighted by atomic mass is 10.1.